The molecule has 1 aliphatic heterocycles. The molecule has 8 heavy (non-hydrogen) atoms. The zero-order valence-corrected chi connectivity index (χ0v) is 5.13. The number of hydrogen-bond donors (Lipinski definition) is 0. The minimum Gasteiger partial charge on any atom is -0.624 e. The minimum atomic E-state index is 0.226. The van der Waals surface area contributed by atoms with Crippen LogP contribution >= 0.6 is 0 Å². The molecule has 0 fully saturated rings. The summed E-state index contributed by atoms with van der Waals surface area (Å²) < 4.78 is 1.06. The molecule has 0 N–H and O–H groups in total. The standard InChI is InChI=1S/C6H11NO/c1-6-4-2-3-5-7(6)8/h5-6H,2-4H2,1H3. The van der Waals surface area contributed by atoms with Gasteiger partial charge in [-0.1, -0.05) is 0 Å². The normalized spacial score (nSPS) is 29.6. The fourth-order valence-electron chi connectivity index (χ4n) is 0.939. The van der Waals surface area contributed by atoms with Gasteiger partial charge >= 0.3 is 0 Å². The number of hydroxylamine groups is 1. The summed E-state index contributed by atoms with van der Waals surface area (Å²) in [6, 6.07) is 0.226. The number of rotatable bonds is 0. The number of nitrogens with zero attached hydrogens (tertiary/aromatic N) is 1. The molecule has 0 spiro atoms. The van der Waals surface area contributed by atoms with E-state index in [0.717, 1.165) is 17.6 Å². The van der Waals surface area contributed by atoms with Crippen molar-refractivity contribution in [3.8, 4) is 0 Å². The van der Waals surface area contributed by atoms with Crippen LogP contribution in [0.15, 0.2) is 0 Å². The van der Waals surface area contributed by atoms with Gasteiger partial charge in [-0.2, -0.15) is 0 Å². The van der Waals surface area contributed by atoms with Crippen molar-refractivity contribution in [1.82, 2.24) is 0 Å². The Bertz CT molecular complexity index is 109. The molecule has 1 atom stereocenters. The van der Waals surface area contributed by atoms with Gasteiger partial charge in [-0.15, -0.1) is 0 Å². The maximum absolute atomic E-state index is 10.7. The summed E-state index contributed by atoms with van der Waals surface area (Å²) in [4.78, 5) is 0. The molecule has 2 heteroatoms. The van der Waals surface area contributed by atoms with Gasteiger partial charge in [-0.25, -0.2) is 4.74 Å². The van der Waals surface area contributed by atoms with Gasteiger partial charge < -0.3 is 5.21 Å². The third kappa shape index (κ3) is 0.997. The molecule has 0 radical (unpaired) electrons. The van der Waals surface area contributed by atoms with Crippen LogP contribution < -0.4 is 0 Å². The fourth-order valence-corrected chi connectivity index (χ4v) is 0.939. The highest BCUT2D eigenvalue weighted by atomic mass is 16.5. The summed E-state index contributed by atoms with van der Waals surface area (Å²) >= 11 is 0. The Morgan fingerprint density at radius 3 is 2.88 bits per heavy atom. The first-order valence-electron chi connectivity index (χ1n) is 3.09. The second-order valence-corrected chi connectivity index (χ2v) is 2.32. The second kappa shape index (κ2) is 2.16. The van der Waals surface area contributed by atoms with Gasteiger partial charge in [0.1, 0.15) is 0 Å². The maximum Gasteiger partial charge on any atom is 0.160 e. The molecule has 0 aromatic carbocycles. The third-order valence-corrected chi connectivity index (χ3v) is 1.57. The Labute approximate surface area is 49.4 Å². The van der Waals surface area contributed by atoms with Gasteiger partial charge in [0.25, 0.3) is 0 Å². The molecular formula is C6H11NO. The van der Waals surface area contributed by atoms with Crippen LogP contribution in [0, 0.1) is 5.21 Å². The van der Waals surface area contributed by atoms with E-state index in [4.69, 9.17) is 0 Å². The first kappa shape index (κ1) is 5.60. The first-order chi connectivity index (χ1) is 3.80. The molecular weight excluding hydrogens is 102 g/mol. The van der Waals surface area contributed by atoms with E-state index in [0.29, 0.717) is 0 Å². The fraction of sp³-hybridized carbons (Fsp3) is 0.833. The molecule has 0 saturated carbocycles. The molecule has 46 valence electrons. The summed E-state index contributed by atoms with van der Waals surface area (Å²) in [7, 11) is 0. The van der Waals surface area contributed by atoms with E-state index in [9.17, 15) is 5.21 Å². The molecule has 0 aromatic heterocycles. The molecule has 1 heterocycles. The summed E-state index contributed by atoms with van der Waals surface area (Å²) in [5.41, 5.74) is 0. The molecule has 2 nitrogen and oxygen atoms in total. The second-order valence-electron chi connectivity index (χ2n) is 2.32. The molecule has 1 aliphatic rings. The third-order valence-electron chi connectivity index (χ3n) is 1.57. The predicted molar refractivity (Wildman–Crippen MR) is 33.0 cm³/mol. The van der Waals surface area contributed by atoms with E-state index in [1.807, 2.05) is 6.92 Å². The van der Waals surface area contributed by atoms with Crippen molar-refractivity contribution in [1.29, 1.82) is 0 Å². The van der Waals surface area contributed by atoms with Crippen LogP contribution in [0.3, 0.4) is 0 Å². The van der Waals surface area contributed by atoms with Gasteiger partial charge in [-0.3, -0.25) is 0 Å². The molecule has 0 aromatic rings. The highest BCUT2D eigenvalue weighted by molar-refractivity contribution is 5.51. The van der Waals surface area contributed by atoms with Crippen LogP contribution in [0.5, 0.6) is 0 Å². The van der Waals surface area contributed by atoms with E-state index < -0.39 is 0 Å². The lowest BCUT2D eigenvalue weighted by Gasteiger charge is -2.15. The van der Waals surface area contributed by atoms with Crippen molar-refractivity contribution < 1.29 is 4.74 Å². The van der Waals surface area contributed by atoms with Crippen LogP contribution in [-0.4, -0.2) is 17.0 Å². The Hall–Kier alpha value is -0.530. The maximum atomic E-state index is 10.7. The van der Waals surface area contributed by atoms with Gasteiger partial charge in [0, 0.05) is 12.8 Å². The Morgan fingerprint density at radius 1 is 1.75 bits per heavy atom. The Morgan fingerprint density at radius 2 is 2.50 bits per heavy atom. The molecule has 1 unspecified atom stereocenters. The highest BCUT2D eigenvalue weighted by Crippen LogP contribution is 2.06. The van der Waals surface area contributed by atoms with Gasteiger partial charge in [0.15, 0.2) is 12.3 Å². The quantitative estimate of drug-likeness (QED) is 0.341. The summed E-state index contributed by atoms with van der Waals surface area (Å²) in [6.07, 6.45) is 4.93. The van der Waals surface area contributed by atoms with Crippen molar-refractivity contribution in [2.24, 2.45) is 0 Å². The van der Waals surface area contributed by atoms with E-state index in [1.165, 1.54) is 6.42 Å². The van der Waals surface area contributed by atoms with E-state index in [2.05, 4.69) is 0 Å². The monoisotopic (exact) mass is 113 g/mol. The summed E-state index contributed by atoms with van der Waals surface area (Å²) in [5, 5.41) is 10.7. The molecule has 1 rings (SSSR count). The van der Waals surface area contributed by atoms with E-state index in [-0.39, 0.29) is 6.04 Å². The van der Waals surface area contributed by atoms with Crippen molar-refractivity contribution in [2.75, 3.05) is 0 Å². The van der Waals surface area contributed by atoms with Gasteiger partial charge in [0.2, 0.25) is 0 Å². The van der Waals surface area contributed by atoms with Crippen molar-refractivity contribution in [3.05, 3.63) is 5.21 Å². The van der Waals surface area contributed by atoms with Crippen molar-refractivity contribution >= 4 is 6.21 Å². The van der Waals surface area contributed by atoms with Crippen LogP contribution in [0.25, 0.3) is 0 Å². The molecule has 0 bridgehead atoms. The zero-order valence-electron chi connectivity index (χ0n) is 5.13. The van der Waals surface area contributed by atoms with Crippen LogP contribution in [0.1, 0.15) is 26.2 Å². The summed E-state index contributed by atoms with van der Waals surface area (Å²) in [5.74, 6) is 0. The van der Waals surface area contributed by atoms with Crippen LogP contribution in [0.2, 0.25) is 0 Å². The predicted octanol–water partition coefficient (Wildman–Crippen LogP) is 1.14. The molecule has 0 saturated heterocycles. The largest absolute Gasteiger partial charge is 0.624 e. The van der Waals surface area contributed by atoms with Crippen molar-refractivity contribution in [2.45, 2.75) is 32.2 Å². The van der Waals surface area contributed by atoms with E-state index in [1.54, 1.807) is 6.21 Å². The lowest BCUT2D eigenvalue weighted by atomic mass is 10.1. The Kier molecular flexibility index (Phi) is 1.51. The minimum absolute atomic E-state index is 0.226. The molecule has 0 aliphatic carbocycles. The smallest absolute Gasteiger partial charge is 0.160 e. The van der Waals surface area contributed by atoms with Crippen LogP contribution in [-0.2, 0) is 0 Å². The topological polar surface area (TPSA) is 26.1 Å². The number of hydrogen-bond acceptors (Lipinski definition) is 1. The molecule has 0 amide bonds. The summed E-state index contributed by atoms with van der Waals surface area (Å²) in [6.45, 7) is 1.96. The zero-order chi connectivity index (χ0) is 5.98. The van der Waals surface area contributed by atoms with Gasteiger partial charge in [0.05, 0.1) is 0 Å². The van der Waals surface area contributed by atoms with Gasteiger partial charge in [-0.05, 0) is 13.3 Å². The highest BCUT2D eigenvalue weighted by Gasteiger charge is 2.11. The van der Waals surface area contributed by atoms with Crippen molar-refractivity contribution in [3.63, 3.8) is 0 Å². The lowest BCUT2D eigenvalue weighted by molar-refractivity contribution is -0.498. The lowest BCUT2D eigenvalue weighted by Crippen LogP contribution is -2.22. The first-order valence-corrected chi connectivity index (χ1v) is 3.09. The average molecular weight is 113 g/mol. The van der Waals surface area contributed by atoms with E-state index >= 15 is 0 Å². The average Bonchev–Trinajstić information content (AvgIpc) is 1.77. The Balaban J connectivity index is 2.53. The SMILES string of the molecule is CC1CCCC=[N+]1[O-]. The van der Waals surface area contributed by atoms with Crippen LogP contribution in [0.4, 0.5) is 0 Å².